The Hall–Kier alpha value is 0.880. The molecule has 3 nitrogen and oxygen atoms in total. The molecule has 0 aliphatic rings. The molecule has 0 heterocycles. The van der Waals surface area contributed by atoms with Crippen LogP contribution in [0.1, 0.15) is 27.2 Å². The minimum absolute atomic E-state index is 0.0324. The van der Waals surface area contributed by atoms with E-state index < -0.39 is 7.60 Å². The minimum atomic E-state index is -2.82. The van der Waals surface area contributed by atoms with Gasteiger partial charge in [0.1, 0.15) is 3.67 Å². The van der Waals surface area contributed by atoms with Gasteiger partial charge in [-0.1, -0.05) is 29.5 Å². The maximum atomic E-state index is 11.9. The van der Waals surface area contributed by atoms with Gasteiger partial charge in [-0.15, -0.1) is 0 Å². The lowest BCUT2D eigenvalue weighted by molar-refractivity contribution is 0.219. The Kier molecular flexibility index (Phi) is 6.82. The molecule has 0 aromatic carbocycles. The number of halogens is 1. The van der Waals surface area contributed by atoms with Crippen LogP contribution in [0.4, 0.5) is 0 Å². The summed E-state index contributed by atoms with van der Waals surface area (Å²) in [5.41, 5.74) is 0. The lowest BCUT2D eigenvalue weighted by atomic mass is 10.6. The van der Waals surface area contributed by atoms with Crippen molar-refractivity contribution in [3.63, 3.8) is 0 Å². The number of alkyl halides is 1. The van der Waals surface area contributed by atoms with Crippen LogP contribution in [0.5, 0.6) is 0 Å². The van der Waals surface area contributed by atoms with Crippen LogP contribution in [0, 0.1) is 0 Å². The van der Waals surface area contributed by atoms with Crippen molar-refractivity contribution >= 4 is 30.2 Å². The molecule has 0 saturated heterocycles. The van der Waals surface area contributed by atoms with Crippen LogP contribution in [0.3, 0.4) is 0 Å². The van der Waals surface area contributed by atoms with Crippen molar-refractivity contribution in [1.29, 1.82) is 0 Å². The normalized spacial score (nSPS) is 14.7. The Morgan fingerprint density at radius 3 is 1.92 bits per heavy atom. The van der Waals surface area contributed by atoms with Crippen molar-refractivity contribution in [2.45, 2.75) is 30.9 Å². The monoisotopic (exact) mass is 306 g/mol. The van der Waals surface area contributed by atoms with Gasteiger partial charge < -0.3 is 9.05 Å². The third-order valence-electron chi connectivity index (χ3n) is 1.30. The highest BCUT2D eigenvalue weighted by molar-refractivity contribution is 14.1. The second-order valence-corrected chi connectivity index (χ2v) is 6.93. The lowest BCUT2D eigenvalue weighted by Crippen LogP contribution is -2.05. The maximum Gasteiger partial charge on any atom is 0.343 e. The lowest BCUT2D eigenvalue weighted by Gasteiger charge is -2.20. The highest BCUT2D eigenvalue weighted by Crippen LogP contribution is 2.56. The Morgan fingerprint density at radius 1 is 1.25 bits per heavy atom. The van der Waals surface area contributed by atoms with Crippen LogP contribution in [-0.2, 0) is 13.6 Å². The van der Waals surface area contributed by atoms with Crippen LogP contribution in [0.2, 0.25) is 0 Å². The van der Waals surface area contributed by atoms with Crippen molar-refractivity contribution in [2.24, 2.45) is 0 Å². The number of hydrogen-bond acceptors (Lipinski definition) is 3. The second-order valence-electron chi connectivity index (χ2n) is 2.22. The topological polar surface area (TPSA) is 35.5 Å². The fraction of sp³-hybridized carbons (Fsp3) is 1.00. The Morgan fingerprint density at radius 2 is 1.67 bits per heavy atom. The molecule has 0 amide bonds. The van der Waals surface area contributed by atoms with Gasteiger partial charge in [0.15, 0.2) is 0 Å². The minimum Gasteiger partial charge on any atom is -0.308 e. The van der Waals surface area contributed by atoms with Crippen LogP contribution in [0.25, 0.3) is 0 Å². The zero-order valence-corrected chi connectivity index (χ0v) is 10.8. The van der Waals surface area contributed by atoms with Gasteiger partial charge in [0, 0.05) is 0 Å². The van der Waals surface area contributed by atoms with Crippen molar-refractivity contribution in [3.8, 4) is 0 Å². The number of hydrogen-bond donors (Lipinski definition) is 0. The van der Waals surface area contributed by atoms with E-state index in [2.05, 4.69) is 22.6 Å². The molecule has 0 radical (unpaired) electrons. The van der Waals surface area contributed by atoms with E-state index in [1.165, 1.54) is 0 Å². The van der Waals surface area contributed by atoms with E-state index in [0.29, 0.717) is 13.2 Å². The summed E-state index contributed by atoms with van der Waals surface area (Å²) < 4.78 is 22.2. The molecule has 0 bridgehead atoms. The van der Waals surface area contributed by atoms with Crippen LogP contribution in [0.15, 0.2) is 0 Å². The number of rotatable bonds is 6. The quantitative estimate of drug-likeness (QED) is 0.428. The molecule has 1 atom stereocenters. The van der Waals surface area contributed by atoms with E-state index in [1.807, 2.05) is 20.8 Å². The molecular weight excluding hydrogens is 290 g/mol. The van der Waals surface area contributed by atoms with Crippen LogP contribution in [-0.4, -0.2) is 16.9 Å². The molecular formula is C7H16IO3P. The van der Waals surface area contributed by atoms with Crippen molar-refractivity contribution in [3.05, 3.63) is 0 Å². The average molecular weight is 306 g/mol. The third kappa shape index (κ3) is 3.73. The van der Waals surface area contributed by atoms with Gasteiger partial charge in [-0.3, -0.25) is 4.57 Å². The van der Waals surface area contributed by atoms with E-state index in [1.54, 1.807) is 0 Å². The smallest absolute Gasteiger partial charge is 0.308 e. The summed E-state index contributed by atoms with van der Waals surface area (Å²) in [7, 11) is -2.82. The summed E-state index contributed by atoms with van der Waals surface area (Å²) in [6, 6.07) is 0. The molecule has 12 heavy (non-hydrogen) atoms. The van der Waals surface area contributed by atoms with E-state index >= 15 is 0 Å². The Labute approximate surface area is 87.9 Å². The van der Waals surface area contributed by atoms with Crippen molar-refractivity contribution < 1.29 is 13.6 Å². The molecule has 0 spiro atoms. The first-order valence-corrected chi connectivity index (χ1v) is 6.99. The zero-order chi connectivity index (χ0) is 9.61. The molecule has 0 N–H and O–H groups in total. The van der Waals surface area contributed by atoms with Gasteiger partial charge in [-0.05, 0) is 20.3 Å². The summed E-state index contributed by atoms with van der Waals surface area (Å²) in [6.45, 7) is 6.50. The van der Waals surface area contributed by atoms with Gasteiger partial charge in [0.2, 0.25) is 0 Å². The molecule has 0 aliphatic heterocycles. The fourth-order valence-corrected chi connectivity index (χ4v) is 3.31. The highest BCUT2D eigenvalue weighted by atomic mass is 127. The molecule has 5 heteroatoms. The van der Waals surface area contributed by atoms with Crippen LogP contribution < -0.4 is 0 Å². The molecule has 0 saturated carbocycles. The average Bonchev–Trinajstić information content (AvgIpc) is 2.04. The molecule has 0 aromatic heterocycles. The summed E-state index contributed by atoms with van der Waals surface area (Å²) in [6.07, 6.45) is 0.803. The summed E-state index contributed by atoms with van der Waals surface area (Å²) >= 11 is 2.12. The molecule has 1 unspecified atom stereocenters. The van der Waals surface area contributed by atoms with Gasteiger partial charge in [-0.2, -0.15) is 0 Å². The first-order chi connectivity index (χ1) is 5.60. The first-order valence-electron chi connectivity index (χ1n) is 4.13. The second kappa shape index (κ2) is 6.35. The van der Waals surface area contributed by atoms with Gasteiger partial charge in [-0.25, -0.2) is 0 Å². The molecule has 0 rings (SSSR count). The standard InChI is InChI=1S/C7H16IO3P/c1-4-7(8)12(9,10-5-2)11-6-3/h7H,4-6H2,1-3H3. The molecule has 0 aliphatic carbocycles. The largest absolute Gasteiger partial charge is 0.343 e. The summed E-state index contributed by atoms with van der Waals surface area (Å²) in [5, 5.41) is 0. The zero-order valence-electron chi connectivity index (χ0n) is 7.75. The van der Waals surface area contributed by atoms with E-state index in [0.717, 1.165) is 6.42 Å². The third-order valence-corrected chi connectivity index (χ3v) is 6.51. The van der Waals surface area contributed by atoms with Gasteiger partial charge in [0.25, 0.3) is 0 Å². The molecule has 74 valence electrons. The molecule has 0 fully saturated rings. The van der Waals surface area contributed by atoms with E-state index in [9.17, 15) is 4.57 Å². The van der Waals surface area contributed by atoms with E-state index in [-0.39, 0.29) is 3.67 Å². The maximum absolute atomic E-state index is 11.9. The van der Waals surface area contributed by atoms with Gasteiger partial charge >= 0.3 is 7.60 Å². The predicted octanol–water partition coefficient (Wildman–Crippen LogP) is 3.42. The predicted molar refractivity (Wildman–Crippen MR) is 59.0 cm³/mol. The van der Waals surface area contributed by atoms with Crippen LogP contribution >= 0.6 is 30.2 Å². The highest BCUT2D eigenvalue weighted by Gasteiger charge is 2.31. The molecule has 0 aromatic rings. The van der Waals surface area contributed by atoms with E-state index in [4.69, 9.17) is 9.05 Å². The Balaban J connectivity index is 4.27. The Bertz CT molecular complexity index is 153. The SMILES string of the molecule is CCOP(=O)(OCC)C(I)CC. The van der Waals surface area contributed by atoms with Crippen molar-refractivity contribution in [1.82, 2.24) is 0 Å². The fourth-order valence-electron chi connectivity index (χ4n) is 0.783. The summed E-state index contributed by atoms with van der Waals surface area (Å²) in [5.74, 6) is 0. The summed E-state index contributed by atoms with van der Waals surface area (Å²) in [4.78, 5) is 0. The van der Waals surface area contributed by atoms with Crippen molar-refractivity contribution in [2.75, 3.05) is 13.2 Å². The first kappa shape index (κ1) is 12.9. The van der Waals surface area contributed by atoms with Gasteiger partial charge in [0.05, 0.1) is 13.2 Å².